The van der Waals surface area contributed by atoms with Crippen LogP contribution < -0.4 is 0 Å². The van der Waals surface area contributed by atoms with Gasteiger partial charge in [-0.25, -0.2) is 4.79 Å². The van der Waals surface area contributed by atoms with Gasteiger partial charge in [-0.15, -0.1) is 0 Å². The average Bonchev–Trinajstić information content (AvgIpc) is 3.09. The molecule has 0 amide bonds. The van der Waals surface area contributed by atoms with Gasteiger partial charge < -0.3 is 14.2 Å². The lowest BCUT2D eigenvalue weighted by molar-refractivity contribution is -0.169. The topological polar surface area (TPSA) is 82.1 Å². The van der Waals surface area contributed by atoms with Crippen LogP contribution in [0.3, 0.4) is 0 Å². The van der Waals surface area contributed by atoms with Crippen molar-refractivity contribution in [3.05, 3.63) is 47.5 Å². The summed E-state index contributed by atoms with van der Waals surface area (Å²) in [7, 11) is 1.31. The largest absolute Gasteiger partial charge is 0.466 e. The van der Waals surface area contributed by atoms with Crippen molar-refractivity contribution in [3.63, 3.8) is 0 Å². The van der Waals surface area contributed by atoms with Crippen molar-refractivity contribution in [2.45, 2.75) is 38.1 Å². The molecule has 2 bridgehead atoms. The summed E-state index contributed by atoms with van der Waals surface area (Å²) in [6.07, 6.45) is 1.45. The van der Waals surface area contributed by atoms with E-state index in [4.69, 9.17) is 14.2 Å². The first-order valence-electron chi connectivity index (χ1n) is 9.52. The second-order valence-electron chi connectivity index (χ2n) is 7.31. The van der Waals surface area contributed by atoms with E-state index in [1.165, 1.54) is 7.11 Å². The van der Waals surface area contributed by atoms with Crippen molar-refractivity contribution >= 4 is 17.9 Å². The summed E-state index contributed by atoms with van der Waals surface area (Å²) in [5.74, 6) is -1.91. The van der Waals surface area contributed by atoms with Crippen molar-refractivity contribution < 1.29 is 28.6 Å². The van der Waals surface area contributed by atoms with Crippen molar-refractivity contribution in [2.75, 3.05) is 13.7 Å². The molecule has 5 atom stereocenters. The maximum absolute atomic E-state index is 12.7. The lowest BCUT2D eigenvalue weighted by Gasteiger charge is -2.45. The highest BCUT2D eigenvalue weighted by Gasteiger charge is 2.60. The zero-order chi connectivity index (χ0) is 19.8. The summed E-state index contributed by atoms with van der Waals surface area (Å²) in [5.41, 5.74) is 1.42. The molecule has 2 saturated heterocycles. The van der Waals surface area contributed by atoms with E-state index >= 15 is 0 Å². The second kappa shape index (κ2) is 7.39. The van der Waals surface area contributed by atoms with E-state index in [2.05, 4.69) is 0 Å². The molecular weight excluding hydrogens is 362 g/mol. The normalized spacial score (nSPS) is 31.0. The fourth-order valence-electron chi connectivity index (χ4n) is 4.72. The Hall–Kier alpha value is -2.67. The Bertz CT molecular complexity index is 819. The molecule has 7 heteroatoms. The molecule has 0 unspecified atom stereocenters. The standard InChI is InChI=1S/C21H23NO6/c1-3-27-21(25)16-10-13-17(22(16)11-12-7-5-4-6-8-12)14-9-15(19(23)26-2)18(13)28-20(14)24/h4-9,13-14,16-18H,3,10-11H2,1-2H3/t13-,14-,16+,17+,18-/m1/s1. The SMILES string of the molecule is CCOC(=O)[C@@H]1C[C@@H]2[C@@H]([C@H]3C=C(C(=O)OC)[C@@H]2OC3=O)N1Cc1ccccc1. The number of fused-ring (bicyclic) bond motifs is 1. The Balaban J connectivity index is 1.70. The van der Waals surface area contributed by atoms with Gasteiger partial charge in [-0.1, -0.05) is 36.4 Å². The molecule has 28 heavy (non-hydrogen) atoms. The zero-order valence-electron chi connectivity index (χ0n) is 15.9. The van der Waals surface area contributed by atoms with Crippen molar-refractivity contribution in [2.24, 2.45) is 11.8 Å². The second-order valence-corrected chi connectivity index (χ2v) is 7.31. The molecule has 0 saturated carbocycles. The van der Waals surface area contributed by atoms with Crippen LogP contribution >= 0.6 is 0 Å². The fourth-order valence-corrected chi connectivity index (χ4v) is 4.72. The Kier molecular flexibility index (Phi) is 4.93. The van der Waals surface area contributed by atoms with Crippen LogP contribution in [0.2, 0.25) is 0 Å². The molecule has 1 aromatic rings. The van der Waals surface area contributed by atoms with E-state index in [1.807, 2.05) is 35.2 Å². The Morgan fingerprint density at radius 2 is 2.00 bits per heavy atom. The van der Waals surface area contributed by atoms with Crippen LogP contribution in [-0.2, 0) is 35.1 Å². The molecule has 0 spiro atoms. The van der Waals surface area contributed by atoms with Gasteiger partial charge in [-0.2, -0.15) is 0 Å². The molecular formula is C21H23NO6. The summed E-state index contributed by atoms with van der Waals surface area (Å²) in [6.45, 7) is 2.58. The van der Waals surface area contributed by atoms with E-state index in [-0.39, 0.29) is 30.5 Å². The van der Waals surface area contributed by atoms with Gasteiger partial charge in [0.15, 0.2) is 0 Å². The number of ether oxygens (including phenoxy) is 3. The van der Waals surface area contributed by atoms with Crippen molar-refractivity contribution in [3.8, 4) is 0 Å². The summed E-state index contributed by atoms with van der Waals surface area (Å²) < 4.78 is 15.7. The third-order valence-corrected chi connectivity index (χ3v) is 5.84. The first-order chi connectivity index (χ1) is 13.5. The number of carbonyl (C=O) groups is 3. The lowest BCUT2D eigenvalue weighted by Crippen LogP contribution is -2.56. The molecule has 1 aromatic carbocycles. The van der Waals surface area contributed by atoms with E-state index < -0.39 is 24.0 Å². The molecule has 4 aliphatic rings. The monoisotopic (exact) mass is 385 g/mol. The summed E-state index contributed by atoms with van der Waals surface area (Å²) in [6, 6.07) is 9.10. The Morgan fingerprint density at radius 3 is 2.68 bits per heavy atom. The number of esters is 3. The molecule has 7 nitrogen and oxygen atoms in total. The molecule has 0 radical (unpaired) electrons. The lowest BCUT2D eigenvalue weighted by atomic mass is 9.73. The van der Waals surface area contributed by atoms with Crippen LogP contribution in [-0.4, -0.2) is 54.7 Å². The van der Waals surface area contributed by atoms with Crippen LogP contribution in [0.15, 0.2) is 42.0 Å². The average molecular weight is 385 g/mol. The number of likely N-dealkylation sites (tertiary alicyclic amines) is 1. The smallest absolute Gasteiger partial charge is 0.337 e. The minimum absolute atomic E-state index is 0.153. The summed E-state index contributed by atoms with van der Waals surface area (Å²) >= 11 is 0. The number of nitrogens with zero attached hydrogens (tertiary/aromatic N) is 1. The van der Waals surface area contributed by atoms with Gasteiger partial charge >= 0.3 is 17.9 Å². The van der Waals surface area contributed by atoms with Crippen LogP contribution in [0.5, 0.6) is 0 Å². The molecule has 2 fully saturated rings. The quantitative estimate of drug-likeness (QED) is 0.561. The van der Waals surface area contributed by atoms with Crippen LogP contribution in [0.4, 0.5) is 0 Å². The van der Waals surface area contributed by atoms with Gasteiger partial charge in [0, 0.05) is 18.5 Å². The van der Waals surface area contributed by atoms with Gasteiger partial charge in [0.1, 0.15) is 12.1 Å². The van der Waals surface area contributed by atoms with Gasteiger partial charge in [-0.05, 0) is 18.9 Å². The van der Waals surface area contributed by atoms with E-state index in [0.717, 1.165) is 5.56 Å². The van der Waals surface area contributed by atoms with Crippen LogP contribution in [0.1, 0.15) is 18.9 Å². The Labute approximate surface area is 163 Å². The Morgan fingerprint density at radius 1 is 1.25 bits per heavy atom. The van der Waals surface area contributed by atoms with Crippen molar-refractivity contribution in [1.82, 2.24) is 4.90 Å². The van der Waals surface area contributed by atoms with Crippen LogP contribution in [0.25, 0.3) is 0 Å². The number of methoxy groups -OCH3 is 1. The van der Waals surface area contributed by atoms with E-state index in [1.54, 1.807) is 13.0 Å². The number of carbonyl (C=O) groups excluding carboxylic acids is 3. The molecule has 3 heterocycles. The maximum Gasteiger partial charge on any atom is 0.337 e. The molecule has 148 valence electrons. The molecule has 1 aliphatic carbocycles. The molecule has 0 N–H and O–H groups in total. The summed E-state index contributed by atoms with van der Waals surface area (Å²) in [5, 5.41) is 0. The predicted octanol–water partition coefficient (Wildman–Crippen LogP) is 1.46. The van der Waals surface area contributed by atoms with Gasteiger partial charge in [-0.3, -0.25) is 14.5 Å². The number of hydrogen-bond acceptors (Lipinski definition) is 7. The molecule has 0 aromatic heterocycles. The third kappa shape index (κ3) is 2.99. The minimum Gasteiger partial charge on any atom is -0.466 e. The number of hydrogen-bond donors (Lipinski definition) is 0. The van der Waals surface area contributed by atoms with E-state index in [9.17, 15) is 14.4 Å². The van der Waals surface area contributed by atoms with Gasteiger partial charge in [0.2, 0.25) is 0 Å². The third-order valence-electron chi connectivity index (χ3n) is 5.84. The van der Waals surface area contributed by atoms with E-state index in [0.29, 0.717) is 18.5 Å². The first-order valence-corrected chi connectivity index (χ1v) is 9.52. The first kappa shape index (κ1) is 18.7. The van der Waals surface area contributed by atoms with Crippen molar-refractivity contribution in [1.29, 1.82) is 0 Å². The van der Waals surface area contributed by atoms with Crippen LogP contribution in [0, 0.1) is 11.8 Å². The predicted molar refractivity (Wildman–Crippen MR) is 97.8 cm³/mol. The highest BCUT2D eigenvalue weighted by Crippen LogP contribution is 2.48. The minimum atomic E-state index is -0.687. The number of rotatable bonds is 5. The highest BCUT2D eigenvalue weighted by atomic mass is 16.6. The van der Waals surface area contributed by atoms with Gasteiger partial charge in [0.05, 0.1) is 25.2 Å². The molecule has 3 aliphatic heterocycles. The fraction of sp³-hybridized carbons (Fsp3) is 0.476. The summed E-state index contributed by atoms with van der Waals surface area (Å²) in [4.78, 5) is 39.4. The zero-order valence-corrected chi connectivity index (χ0v) is 15.9. The number of benzene rings is 1. The molecule has 5 rings (SSSR count). The maximum atomic E-state index is 12.7. The highest BCUT2D eigenvalue weighted by molar-refractivity contribution is 5.94. The van der Waals surface area contributed by atoms with Gasteiger partial charge in [0.25, 0.3) is 0 Å².